The van der Waals surface area contributed by atoms with Gasteiger partial charge in [-0.1, -0.05) is 0 Å². The third kappa shape index (κ3) is 1.67. The molecule has 3 heteroatoms. The van der Waals surface area contributed by atoms with Crippen molar-refractivity contribution in [2.45, 2.75) is 6.29 Å². The lowest BCUT2D eigenvalue weighted by molar-refractivity contribution is -0.0797. The summed E-state index contributed by atoms with van der Waals surface area (Å²) in [5.74, 6) is 1.76. The standard InChI is InChI=1S/C4H8O2S/c5-4-3-7-2-1-6-4/h4-5H,1-3H2/t4-/m0/s1. The number of rotatable bonds is 0. The van der Waals surface area contributed by atoms with E-state index in [0.29, 0.717) is 6.61 Å². The van der Waals surface area contributed by atoms with Crippen molar-refractivity contribution >= 4 is 11.8 Å². The van der Waals surface area contributed by atoms with Crippen molar-refractivity contribution in [2.24, 2.45) is 0 Å². The van der Waals surface area contributed by atoms with Gasteiger partial charge in [0, 0.05) is 11.5 Å². The maximum atomic E-state index is 8.67. The lowest BCUT2D eigenvalue weighted by atomic mass is 10.7. The van der Waals surface area contributed by atoms with Crippen molar-refractivity contribution in [2.75, 3.05) is 18.1 Å². The van der Waals surface area contributed by atoms with Gasteiger partial charge in [-0.3, -0.25) is 0 Å². The molecule has 0 unspecified atom stereocenters. The van der Waals surface area contributed by atoms with Gasteiger partial charge in [0.1, 0.15) is 0 Å². The maximum Gasteiger partial charge on any atom is 0.163 e. The van der Waals surface area contributed by atoms with Crippen molar-refractivity contribution < 1.29 is 9.84 Å². The zero-order chi connectivity index (χ0) is 5.11. The normalized spacial score (nSPS) is 33.0. The Morgan fingerprint density at radius 2 is 2.57 bits per heavy atom. The topological polar surface area (TPSA) is 29.5 Å². The van der Waals surface area contributed by atoms with Gasteiger partial charge in [0.25, 0.3) is 0 Å². The second kappa shape index (κ2) is 2.55. The van der Waals surface area contributed by atoms with Gasteiger partial charge < -0.3 is 9.84 Å². The predicted molar refractivity (Wildman–Crippen MR) is 29.3 cm³/mol. The monoisotopic (exact) mass is 120 g/mol. The summed E-state index contributed by atoms with van der Waals surface area (Å²) in [5, 5.41) is 8.67. The van der Waals surface area contributed by atoms with E-state index in [1.165, 1.54) is 0 Å². The molecule has 0 spiro atoms. The number of thioether (sulfide) groups is 1. The van der Waals surface area contributed by atoms with E-state index in [1.807, 2.05) is 0 Å². The first-order valence-corrected chi connectivity index (χ1v) is 3.42. The fourth-order valence-corrected chi connectivity index (χ4v) is 1.15. The molecule has 0 bridgehead atoms. The van der Waals surface area contributed by atoms with Gasteiger partial charge in [0.05, 0.1) is 6.61 Å². The molecule has 0 aromatic heterocycles. The summed E-state index contributed by atoms with van der Waals surface area (Å²) in [7, 11) is 0. The van der Waals surface area contributed by atoms with Crippen molar-refractivity contribution in [1.82, 2.24) is 0 Å². The molecule has 1 N–H and O–H groups in total. The van der Waals surface area contributed by atoms with E-state index in [1.54, 1.807) is 11.8 Å². The minimum atomic E-state index is -0.501. The summed E-state index contributed by atoms with van der Waals surface area (Å²) in [5.41, 5.74) is 0. The molecule has 1 rings (SSSR count). The van der Waals surface area contributed by atoms with E-state index >= 15 is 0 Å². The van der Waals surface area contributed by atoms with Crippen LogP contribution in [0.4, 0.5) is 0 Å². The maximum absolute atomic E-state index is 8.67. The highest BCUT2D eigenvalue weighted by molar-refractivity contribution is 7.99. The minimum absolute atomic E-state index is 0.501. The van der Waals surface area contributed by atoms with Crippen molar-refractivity contribution in [1.29, 1.82) is 0 Å². The quantitative estimate of drug-likeness (QED) is 0.490. The van der Waals surface area contributed by atoms with Crippen LogP contribution in [0.15, 0.2) is 0 Å². The molecule has 7 heavy (non-hydrogen) atoms. The van der Waals surface area contributed by atoms with E-state index < -0.39 is 6.29 Å². The summed E-state index contributed by atoms with van der Waals surface area (Å²) >= 11 is 1.73. The Labute approximate surface area is 46.9 Å². The summed E-state index contributed by atoms with van der Waals surface area (Å²) in [6.45, 7) is 0.700. The first-order valence-electron chi connectivity index (χ1n) is 2.27. The third-order valence-electron chi connectivity index (χ3n) is 0.798. The number of aliphatic hydroxyl groups excluding tert-OH is 1. The number of ether oxygens (including phenoxy) is 1. The fraction of sp³-hybridized carbons (Fsp3) is 1.00. The van der Waals surface area contributed by atoms with Crippen LogP contribution in [0.1, 0.15) is 0 Å². The van der Waals surface area contributed by atoms with Gasteiger partial charge in [-0.2, -0.15) is 11.8 Å². The van der Waals surface area contributed by atoms with Gasteiger partial charge in [-0.05, 0) is 0 Å². The van der Waals surface area contributed by atoms with Crippen LogP contribution in [0, 0.1) is 0 Å². The minimum Gasteiger partial charge on any atom is -0.367 e. The summed E-state index contributed by atoms with van der Waals surface area (Å²) in [6.07, 6.45) is -0.501. The summed E-state index contributed by atoms with van der Waals surface area (Å²) in [4.78, 5) is 0. The average molecular weight is 120 g/mol. The molecular weight excluding hydrogens is 112 g/mol. The van der Waals surface area contributed by atoms with E-state index in [4.69, 9.17) is 9.84 Å². The van der Waals surface area contributed by atoms with Gasteiger partial charge in [-0.25, -0.2) is 0 Å². The van der Waals surface area contributed by atoms with Gasteiger partial charge >= 0.3 is 0 Å². The molecule has 0 aromatic carbocycles. The van der Waals surface area contributed by atoms with E-state index in [2.05, 4.69) is 0 Å². The molecule has 0 aromatic rings. The van der Waals surface area contributed by atoms with Crippen LogP contribution in [0.3, 0.4) is 0 Å². The average Bonchev–Trinajstić information content (AvgIpc) is 1.69. The lowest BCUT2D eigenvalue weighted by Crippen LogP contribution is -2.21. The highest BCUT2D eigenvalue weighted by atomic mass is 32.2. The zero-order valence-electron chi connectivity index (χ0n) is 3.96. The van der Waals surface area contributed by atoms with Gasteiger partial charge in [0.15, 0.2) is 6.29 Å². The van der Waals surface area contributed by atoms with E-state index in [0.717, 1.165) is 11.5 Å². The Morgan fingerprint density at radius 1 is 1.71 bits per heavy atom. The molecule has 0 aliphatic carbocycles. The molecule has 1 fully saturated rings. The SMILES string of the molecule is O[C@@H]1CSCCO1. The molecule has 1 aliphatic rings. The van der Waals surface area contributed by atoms with Crippen LogP contribution in [-0.4, -0.2) is 29.5 Å². The van der Waals surface area contributed by atoms with Crippen molar-refractivity contribution in [3.8, 4) is 0 Å². The van der Waals surface area contributed by atoms with Crippen molar-refractivity contribution in [3.63, 3.8) is 0 Å². The highest BCUT2D eigenvalue weighted by Gasteiger charge is 2.08. The summed E-state index contributed by atoms with van der Waals surface area (Å²) < 4.78 is 4.81. The molecule has 1 atom stereocenters. The predicted octanol–water partition coefficient (Wildman–Crippen LogP) is 0.0682. The van der Waals surface area contributed by atoms with Crippen molar-refractivity contribution in [3.05, 3.63) is 0 Å². The van der Waals surface area contributed by atoms with Crippen LogP contribution >= 0.6 is 11.8 Å². The Kier molecular flexibility index (Phi) is 1.97. The molecular formula is C4H8O2S. The van der Waals surface area contributed by atoms with Crippen LogP contribution in [0.25, 0.3) is 0 Å². The zero-order valence-corrected chi connectivity index (χ0v) is 4.78. The molecule has 0 radical (unpaired) electrons. The summed E-state index contributed by atoms with van der Waals surface area (Å²) in [6, 6.07) is 0. The molecule has 1 saturated heterocycles. The largest absolute Gasteiger partial charge is 0.367 e. The smallest absolute Gasteiger partial charge is 0.163 e. The number of hydrogen-bond donors (Lipinski definition) is 1. The molecule has 1 heterocycles. The first kappa shape index (κ1) is 5.41. The Morgan fingerprint density at radius 3 is 2.86 bits per heavy atom. The van der Waals surface area contributed by atoms with Crippen LogP contribution < -0.4 is 0 Å². The van der Waals surface area contributed by atoms with Crippen LogP contribution in [0.5, 0.6) is 0 Å². The second-order valence-corrected chi connectivity index (χ2v) is 2.55. The second-order valence-electron chi connectivity index (χ2n) is 1.40. The Balaban J connectivity index is 2.12. The molecule has 2 nitrogen and oxygen atoms in total. The Bertz CT molecular complexity index is 51.7. The fourth-order valence-electron chi connectivity index (χ4n) is 0.475. The molecule has 42 valence electrons. The first-order chi connectivity index (χ1) is 3.39. The molecule has 0 saturated carbocycles. The Hall–Kier alpha value is 0.270. The van der Waals surface area contributed by atoms with E-state index in [-0.39, 0.29) is 0 Å². The third-order valence-corrected chi connectivity index (χ3v) is 1.77. The van der Waals surface area contributed by atoms with Gasteiger partial charge in [0.2, 0.25) is 0 Å². The molecule has 1 aliphatic heterocycles. The number of aliphatic hydroxyl groups is 1. The van der Waals surface area contributed by atoms with Crippen LogP contribution in [0.2, 0.25) is 0 Å². The van der Waals surface area contributed by atoms with Crippen LogP contribution in [-0.2, 0) is 4.74 Å². The molecule has 0 amide bonds. The van der Waals surface area contributed by atoms with E-state index in [9.17, 15) is 0 Å². The lowest BCUT2D eigenvalue weighted by Gasteiger charge is -2.15. The van der Waals surface area contributed by atoms with Gasteiger partial charge in [-0.15, -0.1) is 0 Å². The number of hydrogen-bond acceptors (Lipinski definition) is 3. The highest BCUT2D eigenvalue weighted by Crippen LogP contribution is 2.09.